The molecule has 2 fully saturated rings. The molecule has 2 saturated heterocycles. The second-order valence-corrected chi connectivity index (χ2v) is 9.15. The first-order valence-electron chi connectivity index (χ1n) is 10.7. The molecule has 5 heterocycles. The number of piperazine rings is 1. The van der Waals surface area contributed by atoms with Gasteiger partial charge in [0.1, 0.15) is 0 Å². The van der Waals surface area contributed by atoms with E-state index < -0.39 is 0 Å². The zero-order chi connectivity index (χ0) is 20.5. The molecule has 3 aliphatic heterocycles. The molecule has 0 saturated carbocycles. The zero-order valence-electron chi connectivity index (χ0n) is 17.1. The fraction of sp³-hybridized carbons (Fsp3) is 0.500. The molecule has 8 heteroatoms. The molecule has 0 atom stereocenters. The monoisotopic (exact) mass is 425 g/mol. The summed E-state index contributed by atoms with van der Waals surface area (Å²) in [5.41, 5.74) is 4.06. The molecule has 0 unspecified atom stereocenters. The lowest BCUT2D eigenvalue weighted by molar-refractivity contribution is -0.131. The van der Waals surface area contributed by atoms with E-state index in [-0.39, 0.29) is 11.8 Å². The van der Waals surface area contributed by atoms with Crippen molar-refractivity contribution in [1.29, 1.82) is 0 Å². The number of rotatable bonds is 4. The number of nitrogens with zero attached hydrogens (tertiary/aromatic N) is 5. The first-order chi connectivity index (χ1) is 14.7. The lowest BCUT2D eigenvalue weighted by Gasteiger charge is -2.35. The minimum absolute atomic E-state index is 0.113. The van der Waals surface area contributed by atoms with E-state index in [1.54, 1.807) is 6.20 Å². The van der Waals surface area contributed by atoms with Crippen molar-refractivity contribution < 1.29 is 9.59 Å². The molecule has 0 aliphatic carbocycles. The van der Waals surface area contributed by atoms with Crippen LogP contribution < -0.4 is 0 Å². The van der Waals surface area contributed by atoms with Crippen molar-refractivity contribution >= 4 is 23.6 Å². The molecule has 0 aromatic carbocycles. The van der Waals surface area contributed by atoms with Gasteiger partial charge < -0.3 is 14.4 Å². The molecule has 2 amide bonds. The van der Waals surface area contributed by atoms with Crippen molar-refractivity contribution in [1.82, 2.24) is 24.3 Å². The molecular formula is C22H27N5O2S. The Bertz CT molecular complexity index is 931. The molecule has 2 aromatic heterocycles. The number of hydrogen-bond donors (Lipinski definition) is 0. The smallest absolute Gasteiger partial charge is 0.255 e. The van der Waals surface area contributed by atoms with Gasteiger partial charge in [-0.1, -0.05) is 0 Å². The first kappa shape index (κ1) is 19.6. The van der Waals surface area contributed by atoms with Crippen LogP contribution in [0, 0.1) is 0 Å². The van der Waals surface area contributed by atoms with Gasteiger partial charge in [-0.25, -0.2) is 0 Å². The van der Waals surface area contributed by atoms with E-state index in [4.69, 9.17) is 0 Å². The van der Waals surface area contributed by atoms with Crippen LogP contribution in [0.3, 0.4) is 0 Å². The Morgan fingerprint density at radius 2 is 1.83 bits per heavy atom. The number of aromatic nitrogens is 2. The molecule has 0 radical (unpaired) electrons. The third-order valence-electron chi connectivity index (χ3n) is 6.33. The van der Waals surface area contributed by atoms with Gasteiger partial charge in [-0.2, -0.15) is 0 Å². The lowest BCUT2D eigenvalue weighted by Crippen LogP contribution is -2.51. The van der Waals surface area contributed by atoms with Crippen molar-refractivity contribution in [3.63, 3.8) is 0 Å². The van der Waals surface area contributed by atoms with Crippen LogP contribution in [0.15, 0.2) is 30.6 Å². The van der Waals surface area contributed by atoms with Crippen LogP contribution in [-0.4, -0.2) is 81.9 Å². The predicted octanol–water partition coefficient (Wildman–Crippen LogP) is 2.13. The Hall–Kier alpha value is -2.32. The fourth-order valence-corrected chi connectivity index (χ4v) is 5.67. The maximum absolute atomic E-state index is 13.3. The molecule has 7 nitrogen and oxygen atoms in total. The Balaban J connectivity index is 1.26. The molecule has 0 spiro atoms. The standard InChI is InChI=1S/C22H27N5O2S/c28-21(25-6-1-2-7-25)14-24-8-10-26(11-9-24)22(29)18-12-19(17-4-3-5-23-13-17)27-16-30-15-20(18)27/h3-5,12-13H,1-2,6-11,14-16H2. The summed E-state index contributed by atoms with van der Waals surface area (Å²) in [7, 11) is 0. The molecule has 3 aliphatic rings. The van der Waals surface area contributed by atoms with Crippen molar-refractivity contribution in [2.45, 2.75) is 24.5 Å². The fourth-order valence-electron chi connectivity index (χ4n) is 4.60. The minimum Gasteiger partial charge on any atom is -0.342 e. The van der Waals surface area contributed by atoms with Gasteiger partial charge in [0.05, 0.1) is 23.7 Å². The summed E-state index contributed by atoms with van der Waals surface area (Å²) in [4.78, 5) is 36.1. The van der Waals surface area contributed by atoms with Crippen LogP contribution in [0.2, 0.25) is 0 Å². The van der Waals surface area contributed by atoms with Crippen molar-refractivity contribution in [3.8, 4) is 11.3 Å². The summed E-state index contributed by atoms with van der Waals surface area (Å²) in [6, 6.07) is 6.02. The number of fused-ring (bicyclic) bond motifs is 1. The van der Waals surface area contributed by atoms with E-state index >= 15 is 0 Å². The lowest BCUT2D eigenvalue weighted by atomic mass is 10.1. The quantitative estimate of drug-likeness (QED) is 0.751. The van der Waals surface area contributed by atoms with Gasteiger partial charge in [0.25, 0.3) is 5.91 Å². The Kier molecular flexibility index (Phi) is 5.52. The molecule has 0 N–H and O–H groups in total. The molecule has 2 aromatic rings. The first-order valence-corrected chi connectivity index (χ1v) is 11.9. The number of carbonyl (C=O) groups is 2. The predicted molar refractivity (Wildman–Crippen MR) is 117 cm³/mol. The topological polar surface area (TPSA) is 61.7 Å². The van der Waals surface area contributed by atoms with Crippen molar-refractivity contribution in [2.24, 2.45) is 0 Å². The van der Waals surface area contributed by atoms with Crippen LogP contribution in [-0.2, 0) is 16.4 Å². The highest BCUT2D eigenvalue weighted by molar-refractivity contribution is 7.97. The maximum Gasteiger partial charge on any atom is 0.255 e. The maximum atomic E-state index is 13.3. The summed E-state index contributed by atoms with van der Waals surface area (Å²) in [5, 5.41) is 0. The van der Waals surface area contributed by atoms with Gasteiger partial charge in [-0.3, -0.25) is 19.5 Å². The van der Waals surface area contributed by atoms with Gasteiger partial charge in [-0.15, -0.1) is 11.8 Å². The molecular weight excluding hydrogens is 398 g/mol. The van der Waals surface area contributed by atoms with Gasteiger partial charge in [0, 0.05) is 68.7 Å². The average Bonchev–Trinajstić information content (AvgIpc) is 3.52. The zero-order valence-corrected chi connectivity index (χ0v) is 17.9. The van der Waals surface area contributed by atoms with Gasteiger partial charge >= 0.3 is 0 Å². The largest absolute Gasteiger partial charge is 0.342 e. The number of likely N-dealkylation sites (tertiary alicyclic amines) is 1. The normalized spacial score (nSPS) is 19.3. The summed E-state index contributed by atoms with van der Waals surface area (Å²) in [6.45, 7) is 5.13. The summed E-state index contributed by atoms with van der Waals surface area (Å²) < 4.78 is 2.25. The van der Waals surface area contributed by atoms with Crippen LogP contribution in [0.25, 0.3) is 11.3 Å². The van der Waals surface area contributed by atoms with E-state index in [9.17, 15) is 9.59 Å². The molecule has 5 rings (SSSR count). The Morgan fingerprint density at radius 3 is 2.57 bits per heavy atom. The van der Waals surface area contributed by atoms with Crippen molar-refractivity contribution in [2.75, 3.05) is 45.8 Å². The van der Waals surface area contributed by atoms with E-state index in [0.717, 1.165) is 73.2 Å². The number of pyridine rings is 1. The van der Waals surface area contributed by atoms with E-state index in [1.807, 2.05) is 46.0 Å². The third kappa shape index (κ3) is 3.74. The highest BCUT2D eigenvalue weighted by Gasteiger charge is 2.30. The highest BCUT2D eigenvalue weighted by atomic mass is 32.2. The van der Waals surface area contributed by atoms with E-state index in [1.165, 1.54) is 0 Å². The number of thioether (sulfide) groups is 1. The van der Waals surface area contributed by atoms with Gasteiger partial charge in [0.2, 0.25) is 5.91 Å². The Labute approximate surface area is 181 Å². The second-order valence-electron chi connectivity index (χ2n) is 8.19. The molecule has 158 valence electrons. The van der Waals surface area contributed by atoms with E-state index in [2.05, 4.69) is 14.5 Å². The summed E-state index contributed by atoms with van der Waals surface area (Å²) in [6.07, 6.45) is 5.87. The molecule has 0 bridgehead atoms. The SMILES string of the molecule is O=C(CN1CCN(C(=O)c2cc(-c3cccnc3)n3c2CSC3)CC1)N1CCCC1. The van der Waals surface area contributed by atoms with Gasteiger partial charge in [0.15, 0.2) is 0 Å². The second kappa shape index (κ2) is 8.43. The summed E-state index contributed by atoms with van der Waals surface area (Å²) in [5.74, 6) is 2.09. The number of carbonyl (C=O) groups excluding carboxylic acids is 2. The molecule has 30 heavy (non-hydrogen) atoms. The third-order valence-corrected chi connectivity index (χ3v) is 7.25. The van der Waals surface area contributed by atoms with Gasteiger partial charge in [-0.05, 0) is 31.0 Å². The van der Waals surface area contributed by atoms with Crippen LogP contribution in [0.4, 0.5) is 0 Å². The van der Waals surface area contributed by atoms with Crippen LogP contribution in [0.5, 0.6) is 0 Å². The number of amides is 2. The van der Waals surface area contributed by atoms with E-state index in [0.29, 0.717) is 19.6 Å². The van der Waals surface area contributed by atoms with Crippen LogP contribution in [0.1, 0.15) is 28.9 Å². The highest BCUT2D eigenvalue weighted by Crippen LogP contribution is 2.35. The van der Waals surface area contributed by atoms with Crippen LogP contribution >= 0.6 is 11.8 Å². The average molecular weight is 426 g/mol. The number of hydrogen-bond acceptors (Lipinski definition) is 5. The van der Waals surface area contributed by atoms with Crippen molar-refractivity contribution in [3.05, 3.63) is 41.9 Å². The Morgan fingerprint density at radius 1 is 1.03 bits per heavy atom. The minimum atomic E-state index is 0.113. The summed E-state index contributed by atoms with van der Waals surface area (Å²) >= 11 is 1.84.